The lowest BCUT2D eigenvalue weighted by Gasteiger charge is -2.16. The molecule has 1 aliphatic carbocycles. The Morgan fingerprint density at radius 3 is 2.44 bits per heavy atom. The van der Waals surface area contributed by atoms with Gasteiger partial charge in [0.05, 0.1) is 5.57 Å². The van der Waals surface area contributed by atoms with Gasteiger partial charge in [-0.05, 0) is 12.8 Å². The summed E-state index contributed by atoms with van der Waals surface area (Å²) in [5, 5.41) is 11.5. The van der Waals surface area contributed by atoms with Gasteiger partial charge >= 0.3 is 6.18 Å². The van der Waals surface area contributed by atoms with E-state index in [0.29, 0.717) is 6.21 Å². The lowest BCUT2D eigenvalue weighted by molar-refractivity contribution is -0.119. The van der Waals surface area contributed by atoms with Crippen molar-refractivity contribution in [3.8, 4) is 0 Å². The average Bonchev–Trinajstić information content (AvgIpc) is 3.06. The van der Waals surface area contributed by atoms with E-state index in [-0.39, 0.29) is 12.6 Å². The summed E-state index contributed by atoms with van der Waals surface area (Å²) >= 11 is 0. The van der Waals surface area contributed by atoms with E-state index in [4.69, 9.17) is 5.41 Å². The van der Waals surface area contributed by atoms with Crippen molar-refractivity contribution < 1.29 is 18.0 Å². The van der Waals surface area contributed by atoms with Crippen molar-refractivity contribution in [2.45, 2.75) is 25.1 Å². The maximum Gasteiger partial charge on any atom is 0.431 e. The highest BCUT2D eigenvalue weighted by Crippen LogP contribution is 2.26. The SMILES string of the molecule is C=CCN/C(=C(\C=N)C(=O)NC1CC1)C(F)(F)F. The van der Waals surface area contributed by atoms with E-state index in [9.17, 15) is 18.0 Å². The third-order valence-electron chi connectivity index (χ3n) is 2.28. The summed E-state index contributed by atoms with van der Waals surface area (Å²) < 4.78 is 38.3. The Morgan fingerprint density at radius 2 is 2.06 bits per heavy atom. The van der Waals surface area contributed by atoms with Crippen molar-refractivity contribution in [3.05, 3.63) is 23.9 Å². The van der Waals surface area contributed by atoms with Crippen molar-refractivity contribution in [1.29, 1.82) is 5.41 Å². The minimum Gasteiger partial charge on any atom is -0.377 e. The Hall–Kier alpha value is -1.79. The molecular weight excluding hydrogens is 247 g/mol. The molecule has 0 radical (unpaired) electrons. The van der Waals surface area contributed by atoms with E-state index in [1.165, 1.54) is 6.08 Å². The topological polar surface area (TPSA) is 65.0 Å². The maximum absolute atomic E-state index is 12.8. The Labute approximate surface area is 102 Å². The molecule has 100 valence electrons. The molecule has 0 aromatic rings. The van der Waals surface area contributed by atoms with Crippen LogP contribution in [0, 0.1) is 5.41 Å². The molecule has 0 unspecified atom stereocenters. The molecule has 1 fully saturated rings. The monoisotopic (exact) mass is 261 g/mol. The van der Waals surface area contributed by atoms with E-state index >= 15 is 0 Å². The lowest BCUT2D eigenvalue weighted by Crippen LogP contribution is -2.35. The van der Waals surface area contributed by atoms with Crippen LogP contribution in [0.15, 0.2) is 23.9 Å². The first-order chi connectivity index (χ1) is 8.40. The Morgan fingerprint density at radius 1 is 1.44 bits per heavy atom. The molecule has 0 aliphatic heterocycles. The number of rotatable bonds is 6. The zero-order chi connectivity index (χ0) is 13.8. The zero-order valence-corrected chi connectivity index (χ0v) is 9.60. The second-order valence-electron chi connectivity index (χ2n) is 3.85. The van der Waals surface area contributed by atoms with Crippen LogP contribution in [0.4, 0.5) is 13.2 Å². The lowest BCUT2D eigenvalue weighted by atomic mass is 10.2. The number of hydrogen-bond donors (Lipinski definition) is 3. The first-order valence-electron chi connectivity index (χ1n) is 5.37. The molecule has 0 bridgehead atoms. The minimum atomic E-state index is -4.71. The first kappa shape index (κ1) is 14.3. The molecule has 1 rings (SSSR count). The van der Waals surface area contributed by atoms with Gasteiger partial charge in [-0.25, -0.2) is 0 Å². The standard InChI is InChI=1S/C11H14F3N3O/c1-2-5-16-9(11(12,13)14)8(6-15)10(18)17-7-3-4-7/h2,6-7,15-16H,1,3-5H2,(H,17,18)/b9-8+,15-6?. The minimum absolute atomic E-state index is 0.0682. The number of alkyl halides is 3. The summed E-state index contributed by atoms with van der Waals surface area (Å²) in [6.45, 7) is 3.16. The molecule has 0 atom stereocenters. The van der Waals surface area contributed by atoms with Crippen molar-refractivity contribution >= 4 is 12.1 Å². The maximum atomic E-state index is 12.8. The molecule has 0 aromatic carbocycles. The second kappa shape index (κ2) is 5.70. The van der Waals surface area contributed by atoms with Crippen LogP contribution in [0.3, 0.4) is 0 Å². The van der Waals surface area contributed by atoms with Crippen LogP contribution in [0.1, 0.15) is 12.8 Å². The van der Waals surface area contributed by atoms with Crippen LogP contribution >= 0.6 is 0 Å². The highest BCUT2D eigenvalue weighted by Gasteiger charge is 2.38. The number of halogens is 3. The van der Waals surface area contributed by atoms with Gasteiger partial charge in [0.15, 0.2) is 0 Å². The van der Waals surface area contributed by atoms with Crippen molar-refractivity contribution in [1.82, 2.24) is 10.6 Å². The molecule has 3 N–H and O–H groups in total. The van der Waals surface area contributed by atoms with Crippen molar-refractivity contribution in [2.24, 2.45) is 0 Å². The predicted octanol–water partition coefficient (Wildman–Crippen LogP) is 1.51. The fourth-order valence-electron chi connectivity index (χ4n) is 1.26. The summed E-state index contributed by atoms with van der Waals surface area (Å²) in [5.74, 6) is -0.878. The molecule has 7 heteroatoms. The summed E-state index contributed by atoms with van der Waals surface area (Å²) in [6, 6.07) is -0.0682. The highest BCUT2D eigenvalue weighted by molar-refractivity contribution is 6.12. The summed E-state index contributed by atoms with van der Waals surface area (Å²) in [4.78, 5) is 11.6. The molecule has 1 aliphatic rings. The van der Waals surface area contributed by atoms with Gasteiger partial charge in [0, 0.05) is 18.8 Å². The van der Waals surface area contributed by atoms with Gasteiger partial charge in [-0.15, -0.1) is 6.58 Å². The second-order valence-corrected chi connectivity index (χ2v) is 3.85. The van der Waals surface area contributed by atoms with Gasteiger partial charge in [0.1, 0.15) is 5.70 Å². The van der Waals surface area contributed by atoms with E-state index in [2.05, 4.69) is 17.2 Å². The molecule has 18 heavy (non-hydrogen) atoms. The Bertz CT molecular complexity index is 383. The fraction of sp³-hybridized carbons (Fsp3) is 0.455. The first-order valence-corrected chi connectivity index (χ1v) is 5.37. The van der Waals surface area contributed by atoms with Crippen molar-refractivity contribution in [2.75, 3.05) is 6.54 Å². The van der Waals surface area contributed by atoms with Gasteiger partial charge in [-0.2, -0.15) is 13.2 Å². The van der Waals surface area contributed by atoms with E-state index in [0.717, 1.165) is 12.8 Å². The van der Waals surface area contributed by atoms with Crippen LogP contribution in [0.5, 0.6) is 0 Å². The molecule has 1 amide bonds. The quantitative estimate of drug-likeness (QED) is 0.385. The largest absolute Gasteiger partial charge is 0.431 e. The Kier molecular flexibility index (Phi) is 4.52. The van der Waals surface area contributed by atoms with Crippen LogP contribution in [-0.4, -0.2) is 30.9 Å². The fourth-order valence-corrected chi connectivity index (χ4v) is 1.26. The molecule has 0 saturated heterocycles. The summed E-state index contributed by atoms with van der Waals surface area (Å²) in [5.41, 5.74) is -1.92. The molecule has 4 nitrogen and oxygen atoms in total. The molecule has 0 spiro atoms. The molecule has 1 saturated carbocycles. The number of amides is 1. The summed E-state index contributed by atoms with van der Waals surface area (Å²) in [7, 11) is 0. The van der Waals surface area contributed by atoms with Gasteiger partial charge in [0.2, 0.25) is 0 Å². The number of carbonyl (C=O) groups excluding carboxylic acids is 1. The van der Waals surface area contributed by atoms with E-state index < -0.39 is 23.4 Å². The summed E-state index contributed by atoms with van der Waals surface area (Å²) in [6.07, 6.45) is -1.53. The van der Waals surface area contributed by atoms with Crippen LogP contribution in [0.25, 0.3) is 0 Å². The van der Waals surface area contributed by atoms with E-state index in [1.54, 1.807) is 0 Å². The van der Waals surface area contributed by atoms with Gasteiger partial charge in [-0.1, -0.05) is 6.08 Å². The van der Waals surface area contributed by atoms with Crippen LogP contribution < -0.4 is 10.6 Å². The Balaban J connectivity index is 2.97. The number of allylic oxidation sites excluding steroid dienone is 1. The van der Waals surface area contributed by atoms with E-state index in [1.807, 2.05) is 0 Å². The van der Waals surface area contributed by atoms with Crippen LogP contribution in [0.2, 0.25) is 0 Å². The smallest absolute Gasteiger partial charge is 0.377 e. The third-order valence-corrected chi connectivity index (χ3v) is 2.28. The normalized spacial score (nSPS) is 16.6. The van der Waals surface area contributed by atoms with Gasteiger partial charge in [0.25, 0.3) is 5.91 Å². The third kappa shape index (κ3) is 3.90. The molecular formula is C11H14F3N3O. The number of carbonyl (C=O) groups is 1. The average molecular weight is 261 g/mol. The zero-order valence-electron chi connectivity index (χ0n) is 9.60. The predicted molar refractivity (Wildman–Crippen MR) is 61.2 cm³/mol. The van der Waals surface area contributed by atoms with Gasteiger partial charge in [-0.3, -0.25) is 4.79 Å². The van der Waals surface area contributed by atoms with Crippen molar-refractivity contribution in [3.63, 3.8) is 0 Å². The van der Waals surface area contributed by atoms with Crippen LogP contribution in [-0.2, 0) is 4.79 Å². The number of hydrogen-bond acceptors (Lipinski definition) is 3. The molecule has 0 aromatic heterocycles. The van der Waals surface area contributed by atoms with Gasteiger partial charge < -0.3 is 16.0 Å². The highest BCUT2D eigenvalue weighted by atomic mass is 19.4. The number of nitrogens with one attached hydrogen (secondary N) is 3. The molecule has 0 heterocycles.